The zero-order valence-electron chi connectivity index (χ0n) is 11.8. The van der Waals surface area contributed by atoms with E-state index in [9.17, 15) is 9.59 Å². The minimum Gasteiger partial charge on any atom is -0.355 e. The lowest BCUT2D eigenvalue weighted by Gasteiger charge is -2.09. The summed E-state index contributed by atoms with van der Waals surface area (Å²) >= 11 is 0. The lowest BCUT2D eigenvalue weighted by Crippen LogP contribution is -2.38. The fraction of sp³-hybridized carbons (Fsp3) is 0.333. The van der Waals surface area contributed by atoms with Crippen LogP contribution < -0.4 is 10.6 Å². The van der Waals surface area contributed by atoms with Crippen LogP contribution in [0.3, 0.4) is 0 Å². The third kappa shape index (κ3) is 3.17. The number of hydrogen-bond acceptors (Lipinski definition) is 2. The molecule has 20 heavy (non-hydrogen) atoms. The fourth-order valence-electron chi connectivity index (χ4n) is 2.20. The average molecular weight is 273 g/mol. The van der Waals surface area contributed by atoms with Crippen molar-refractivity contribution in [2.24, 2.45) is 0 Å². The summed E-state index contributed by atoms with van der Waals surface area (Å²) in [5.41, 5.74) is 2.05. The van der Waals surface area contributed by atoms with Crippen LogP contribution in [0.25, 0.3) is 10.9 Å². The lowest BCUT2D eigenvalue weighted by atomic mass is 10.2. The number of rotatable bonds is 5. The van der Waals surface area contributed by atoms with E-state index >= 15 is 0 Å². The molecule has 0 bridgehead atoms. The summed E-state index contributed by atoms with van der Waals surface area (Å²) in [4.78, 5) is 23.2. The quantitative estimate of drug-likeness (QED) is 0.860. The van der Waals surface area contributed by atoms with Crippen LogP contribution in [-0.2, 0) is 16.1 Å². The fourth-order valence-corrected chi connectivity index (χ4v) is 2.20. The Hall–Kier alpha value is -2.30. The predicted molar refractivity (Wildman–Crippen MR) is 78.4 cm³/mol. The first-order valence-electron chi connectivity index (χ1n) is 6.70. The molecule has 2 amide bonds. The van der Waals surface area contributed by atoms with Gasteiger partial charge in [-0.25, -0.2) is 0 Å². The summed E-state index contributed by atoms with van der Waals surface area (Å²) in [6, 6.07) is 9.98. The van der Waals surface area contributed by atoms with E-state index in [0.29, 0.717) is 6.54 Å². The Morgan fingerprint density at radius 3 is 2.65 bits per heavy atom. The Balaban J connectivity index is 2.03. The number of benzene rings is 1. The van der Waals surface area contributed by atoms with Gasteiger partial charge in [0.25, 0.3) is 0 Å². The van der Waals surface area contributed by atoms with Crippen LogP contribution in [0.1, 0.15) is 12.6 Å². The number of nitrogens with zero attached hydrogens (tertiary/aromatic N) is 1. The highest BCUT2D eigenvalue weighted by Gasteiger charge is 2.10. The van der Waals surface area contributed by atoms with Gasteiger partial charge in [-0.15, -0.1) is 0 Å². The van der Waals surface area contributed by atoms with Crippen molar-refractivity contribution in [3.8, 4) is 0 Å². The number of nitrogens with one attached hydrogen (secondary N) is 2. The third-order valence-electron chi connectivity index (χ3n) is 3.14. The molecule has 0 saturated carbocycles. The number of carbonyl (C=O) groups is 2. The Bertz CT molecular complexity index is 631. The summed E-state index contributed by atoms with van der Waals surface area (Å²) < 4.78 is 1.95. The largest absolute Gasteiger partial charge is 0.355 e. The van der Waals surface area contributed by atoms with Crippen molar-refractivity contribution in [1.29, 1.82) is 0 Å². The van der Waals surface area contributed by atoms with Crippen molar-refractivity contribution in [3.05, 3.63) is 36.0 Å². The third-order valence-corrected chi connectivity index (χ3v) is 3.14. The molecule has 0 atom stereocenters. The van der Waals surface area contributed by atoms with Crippen LogP contribution in [0.2, 0.25) is 0 Å². The SMILES string of the molecule is CCNC(=O)CNC(=O)Cn1c(C)cc2ccccc21. The summed E-state index contributed by atoms with van der Waals surface area (Å²) in [6.45, 7) is 4.62. The second-order valence-electron chi connectivity index (χ2n) is 4.66. The smallest absolute Gasteiger partial charge is 0.240 e. The molecular weight excluding hydrogens is 254 g/mol. The molecule has 2 N–H and O–H groups in total. The minimum atomic E-state index is -0.171. The zero-order chi connectivity index (χ0) is 14.5. The molecular formula is C15H19N3O2. The number of carbonyl (C=O) groups excluding carboxylic acids is 2. The molecule has 0 unspecified atom stereocenters. The zero-order valence-corrected chi connectivity index (χ0v) is 11.8. The van der Waals surface area contributed by atoms with Gasteiger partial charge >= 0.3 is 0 Å². The molecule has 0 radical (unpaired) electrons. The number of hydrogen-bond donors (Lipinski definition) is 2. The van der Waals surface area contributed by atoms with Crippen LogP contribution in [0.5, 0.6) is 0 Å². The van der Waals surface area contributed by atoms with Crippen molar-refractivity contribution >= 4 is 22.7 Å². The first-order chi connectivity index (χ1) is 9.61. The number of aromatic nitrogens is 1. The van der Waals surface area contributed by atoms with E-state index in [1.807, 2.05) is 48.7 Å². The van der Waals surface area contributed by atoms with E-state index in [2.05, 4.69) is 10.6 Å². The van der Waals surface area contributed by atoms with Crippen LogP contribution >= 0.6 is 0 Å². The molecule has 106 valence electrons. The lowest BCUT2D eigenvalue weighted by molar-refractivity contribution is -0.126. The Morgan fingerprint density at radius 2 is 1.90 bits per heavy atom. The molecule has 0 spiro atoms. The van der Waals surface area contributed by atoms with Crippen LogP contribution in [0.4, 0.5) is 0 Å². The molecule has 0 aliphatic heterocycles. The molecule has 1 aromatic carbocycles. The van der Waals surface area contributed by atoms with Gasteiger partial charge < -0.3 is 15.2 Å². The van der Waals surface area contributed by atoms with Crippen molar-refractivity contribution in [3.63, 3.8) is 0 Å². The molecule has 2 aromatic rings. The maximum absolute atomic E-state index is 11.9. The summed E-state index contributed by atoms with van der Waals surface area (Å²) in [5.74, 6) is -0.337. The normalized spacial score (nSPS) is 10.5. The van der Waals surface area contributed by atoms with Crippen LogP contribution in [0.15, 0.2) is 30.3 Å². The average Bonchev–Trinajstić information content (AvgIpc) is 2.73. The van der Waals surface area contributed by atoms with E-state index in [-0.39, 0.29) is 24.9 Å². The van der Waals surface area contributed by atoms with E-state index < -0.39 is 0 Å². The number of para-hydroxylation sites is 1. The van der Waals surface area contributed by atoms with Crippen molar-refractivity contribution in [2.45, 2.75) is 20.4 Å². The molecule has 5 nitrogen and oxygen atoms in total. The molecule has 1 heterocycles. The molecule has 0 saturated heterocycles. The van der Waals surface area contributed by atoms with E-state index in [1.54, 1.807) is 0 Å². The van der Waals surface area contributed by atoms with Gasteiger partial charge in [0.15, 0.2) is 0 Å². The first kappa shape index (κ1) is 14.1. The summed E-state index contributed by atoms with van der Waals surface area (Å²) in [7, 11) is 0. The highest BCUT2D eigenvalue weighted by atomic mass is 16.2. The summed E-state index contributed by atoms with van der Waals surface area (Å²) in [5, 5.41) is 6.38. The number of aryl methyl sites for hydroxylation is 1. The van der Waals surface area contributed by atoms with E-state index in [4.69, 9.17) is 0 Å². The highest BCUT2D eigenvalue weighted by molar-refractivity contribution is 5.87. The molecule has 1 aromatic heterocycles. The molecule has 2 rings (SSSR count). The van der Waals surface area contributed by atoms with Gasteiger partial charge in [-0.05, 0) is 31.4 Å². The van der Waals surface area contributed by atoms with Crippen molar-refractivity contribution in [2.75, 3.05) is 13.1 Å². The van der Waals surface area contributed by atoms with Crippen molar-refractivity contribution < 1.29 is 9.59 Å². The monoisotopic (exact) mass is 273 g/mol. The Labute approximate surface area is 118 Å². The molecule has 0 aliphatic rings. The van der Waals surface area contributed by atoms with Gasteiger partial charge in [-0.2, -0.15) is 0 Å². The second kappa shape index (κ2) is 6.23. The minimum absolute atomic E-state index is 0.0188. The number of amides is 2. The van der Waals surface area contributed by atoms with Gasteiger partial charge in [0.05, 0.1) is 6.54 Å². The van der Waals surface area contributed by atoms with Gasteiger partial charge in [0, 0.05) is 17.8 Å². The molecule has 0 fully saturated rings. The highest BCUT2D eigenvalue weighted by Crippen LogP contribution is 2.18. The Morgan fingerprint density at radius 1 is 1.15 bits per heavy atom. The standard InChI is InChI=1S/C15H19N3O2/c1-3-16-14(19)9-17-15(20)10-18-11(2)8-12-6-4-5-7-13(12)18/h4-8H,3,9-10H2,1-2H3,(H,16,19)(H,17,20). The molecule has 5 heteroatoms. The second-order valence-corrected chi connectivity index (χ2v) is 4.66. The number of fused-ring (bicyclic) bond motifs is 1. The maximum atomic E-state index is 11.9. The first-order valence-corrected chi connectivity index (χ1v) is 6.70. The Kier molecular flexibility index (Phi) is 4.40. The van der Waals surface area contributed by atoms with Gasteiger partial charge in [-0.1, -0.05) is 18.2 Å². The van der Waals surface area contributed by atoms with E-state index in [0.717, 1.165) is 16.6 Å². The molecule has 0 aliphatic carbocycles. The topological polar surface area (TPSA) is 63.1 Å². The summed E-state index contributed by atoms with van der Waals surface area (Å²) in [6.07, 6.45) is 0. The van der Waals surface area contributed by atoms with Crippen LogP contribution in [0, 0.1) is 6.92 Å². The maximum Gasteiger partial charge on any atom is 0.240 e. The number of likely N-dealkylation sites (N-methyl/N-ethyl adjacent to an activating group) is 1. The van der Waals surface area contributed by atoms with Gasteiger partial charge in [0.1, 0.15) is 6.54 Å². The van der Waals surface area contributed by atoms with Crippen LogP contribution in [-0.4, -0.2) is 29.5 Å². The van der Waals surface area contributed by atoms with E-state index in [1.165, 1.54) is 0 Å². The van der Waals surface area contributed by atoms with Gasteiger partial charge in [-0.3, -0.25) is 9.59 Å². The van der Waals surface area contributed by atoms with Gasteiger partial charge in [0.2, 0.25) is 11.8 Å². The van der Waals surface area contributed by atoms with Crippen molar-refractivity contribution in [1.82, 2.24) is 15.2 Å². The predicted octanol–water partition coefficient (Wildman–Crippen LogP) is 1.20.